The monoisotopic (exact) mass is 2330 g/mol. The number of aliphatic hydroxyl groups is 6. The molecule has 134 heavy (non-hydrogen) atoms. The second-order valence-electron chi connectivity index (χ2n) is 36.8. The quantitative estimate of drug-likeness (QED) is 0.0275. The molecule has 0 aliphatic rings. The van der Waals surface area contributed by atoms with Crippen LogP contribution in [-0.4, -0.2) is 97.2 Å². The number of unbranched alkanes of at least 4 members (excludes halogenated alkanes) is 1. The summed E-state index contributed by atoms with van der Waals surface area (Å²) in [6, 6.07) is 63.7. The van der Waals surface area contributed by atoms with Crippen LogP contribution in [0.1, 0.15) is 234 Å². The minimum atomic E-state index is -0.368. The fraction of sp³-hybridized carbons (Fsp3) is 0.391. The van der Waals surface area contributed by atoms with Crippen LogP contribution in [0.3, 0.4) is 0 Å². The minimum Gasteiger partial charge on any atom is -0.393 e. The van der Waals surface area contributed by atoms with Crippen molar-refractivity contribution in [2.45, 2.75) is 274 Å². The zero-order chi connectivity index (χ0) is 96.8. The van der Waals surface area contributed by atoms with Gasteiger partial charge < -0.3 is 45.6 Å². The van der Waals surface area contributed by atoms with E-state index < -0.39 is 0 Å². The van der Waals surface area contributed by atoms with Crippen molar-refractivity contribution >= 4 is 5.69 Å². The van der Waals surface area contributed by atoms with Gasteiger partial charge in [-0.3, -0.25) is 15.0 Å². The summed E-state index contributed by atoms with van der Waals surface area (Å²) < 4.78 is 0. The fourth-order valence-corrected chi connectivity index (χ4v) is 15.8. The molecule has 0 spiro atoms. The van der Waals surface area contributed by atoms with Crippen LogP contribution in [0, 0.1) is 179 Å². The Kier molecular flexibility index (Phi) is 48.9. The van der Waals surface area contributed by atoms with E-state index in [4.69, 9.17) is 46.7 Å². The zero-order valence-electron chi connectivity index (χ0n) is 83.0. The third kappa shape index (κ3) is 35.5. The third-order valence-electron chi connectivity index (χ3n) is 22.6. The first-order chi connectivity index (χ1) is 62.1. The molecule has 12 aromatic rings. The number of aryl methyl sites for hydroxylation is 13. The first kappa shape index (κ1) is 116. The number of hydrogen-bond acceptors (Lipinski definition) is 15. The van der Waals surface area contributed by atoms with E-state index in [1.807, 2.05) is 105 Å². The Hall–Kier alpha value is -10.1. The number of nitriles is 3. The topological polar surface area (TPSA) is 274 Å². The van der Waals surface area contributed by atoms with Gasteiger partial charge in [0.25, 0.3) is 0 Å². The molecule has 6 unspecified atom stereocenters. The molecule has 3 heterocycles. The predicted molar refractivity (Wildman–Crippen MR) is 536 cm³/mol. The molecule has 0 saturated carbocycles. The van der Waals surface area contributed by atoms with Gasteiger partial charge in [0.05, 0.1) is 107 Å². The molecular formula is C115H137Ir3N10O6-3. The predicted octanol–water partition coefficient (Wildman–Crippen LogP) is 26.2. The molecule has 6 atom stereocenters. The van der Waals surface area contributed by atoms with E-state index in [1.54, 1.807) is 24.4 Å². The second kappa shape index (κ2) is 56.4. The Bertz CT molecular complexity index is 5880. The van der Waals surface area contributed by atoms with Gasteiger partial charge in [0.1, 0.15) is 0 Å². The zero-order valence-corrected chi connectivity index (χ0v) is 90.2. The summed E-state index contributed by atoms with van der Waals surface area (Å²) in [5.74, 6) is 1.48. The second-order valence-corrected chi connectivity index (χ2v) is 36.8. The average Bonchev–Trinajstić information content (AvgIpc) is 0.785. The molecule has 0 aliphatic heterocycles. The van der Waals surface area contributed by atoms with E-state index >= 15 is 0 Å². The van der Waals surface area contributed by atoms with Crippen molar-refractivity contribution < 1.29 is 91.0 Å². The number of aliphatic hydroxyl groups excluding tert-OH is 6. The van der Waals surface area contributed by atoms with Gasteiger partial charge in [-0.1, -0.05) is 230 Å². The normalized spacial score (nSPS) is 12.0. The van der Waals surface area contributed by atoms with Crippen LogP contribution < -0.4 is 0 Å². The number of hydrogen-bond donors (Lipinski definition) is 6. The molecule has 713 valence electrons. The molecule has 0 amide bonds. The number of aromatic nitrogens is 6. The van der Waals surface area contributed by atoms with Crippen molar-refractivity contribution in [3.8, 4) is 120 Å². The summed E-state index contributed by atoms with van der Waals surface area (Å²) >= 11 is 0. The van der Waals surface area contributed by atoms with Gasteiger partial charge in [-0.15, -0.1) is 105 Å². The SMILES string of the molecule is CC(C)C(O)CC(O)C(C)C.CC(C)CC(O)CC(O)CC(C)C.CCC(O)CC(O)CC.CCCCc1cc(C#N)ccc1-c1cnc(-c2[c-]c(C)cc(C)c2)c(-c2cc(C)cc(C)c2)n1.Cc1[c-]c(-c2ncc(-c3ccc(C#N)c(C)c3C)nc2-c2cc(C)cc(C)c2)cc(C)c1.[C-]#[N+]c1cc(C#N)ccc1-c1cnc(-c2[c-]c(C)cc(C)c2)c(-c2cc(C)cc(C)c2)n1.[Ir].[Ir].[Ir]. The van der Waals surface area contributed by atoms with E-state index in [1.165, 1.54) is 33.4 Å². The standard InChI is InChI=1S/C31H30N3.C29H26N3.C28H21N4.C11H24O2.C9H20O2.C7H16O2.3Ir/c1-6-7-8-25-17-24(18-32)9-10-28(25)29-19-33-30(26-13-20(2)11-21(3)14-26)31(34-29)27-15-22(4)12-23(5)16-27;1-17-9-18(2)12-24(11-17)28-29(25-13-19(3)10-20(4)14-25)32-27(16-31-28)26-8-7-23(15-30)21(5)22(26)6;1-17-8-18(2)11-22(10-17)27-28(23-12-19(3)9-20(4)13-23)32-26(16-31-27)24-7-6-21(15-29)14-25(24)30-5;1-8(2)5-10(12)7-11(13)6-9(3)4;1-6(2)8(10)5-9(11)7(3)4;1-3-6(8)5-7(9)4-2;;;/h9-13,15-17,19H,6-8H2,1-5H3;7-11,13-14,16H,1-6H3;6-10,12-14,16H,1-4H3;8-13H,5-7H2,1-4H3;6-11H,5H2,1-4H3;6-9H,3-5H2,1-2H3;;;/q3*-1;;;;;;. The van der Waals surface area contributed by atoms with Crippen LogP contribution in [0.4, 0.5) is 5.69 Å². The van der Waals surface area contributed by atoms with E-state index in [0.29, 0.717) is 64.7 Å². The molecule has 3 aromatic heterocycles. The first-order valence-electron chi connectivity index (χ1n) is 46.0. The summed E-state index contributed by atoms with van der Waals surface area (Å²) in [5.41, 5.74) is 34.8. The summed E-state index contributed by atoms with van der Waals surface area (Å²) in [6.07, 6.45) is 11.0. The molecule has 0 bridgehead atoms. The number of nitrogens with zero attached hydrogens (tertiary/aromatic N) is 10. The Morgan fingerprint density at radius 1 is 0.358 bits per heavy atom. The molecule has 9 aromatic carbocycles. The molecule has 3 radical (unpaired) electrons. The van der Waals surface area contributed by atoms with E-state index in [9.17, 15) is 36.2 Å². The van der Waals surface area contributed by atoms with Crippen LogP contribution >= 0.6 is 0 Å². The minimum absolute atomic E-state index is 0. The maximum atomic E-state index is 9.54. The summed E-state index contributed by atoms with van der Waals surface area (Å²) in [5, 5.41) is 83.8. The molecule has 0 saturated heterocycles. The van der Waals surface area contributed by atoms with Crippen LogP contribution in [0.2, 0.25) is 0 Å². The Balaban J connectivity index is 0.000000356. The molecule has 6 N–H and O–H groups in total. The van der Waals surface area contributed by atoms with Crippen LogP contribution in [0.5, 0.6) is 0 Å². The van der Waals surface area contributed by atoms with Gasteiger partial charge in [0.15, 0.2) is 5.69 Å². The molecule has 16 nitrogen and oxygen atoms in total. The van der Waals surface area contributed by atoms with Crippen LogP contribution in [0.25, 0.3) is 106 Å². The van der Waals surface area contributed by atoms with Gasteiger partial charge in [0.2, 0.25) is 0 Å². The molecule has 0 aliphatic carbocycles. The van der Waals surface area contributed by atoms with Crippen molar-refractivity contribution in [2.24, 2.45) is 23.7 Å². The van der Waals surface area contributed by atoms with Crippen LogP contribution in [0.15, 0.2) is 158 Å². The van der Waals surface area contributed by atoms with E-state index in [2.05, 4.69) is 243 Å². The van der Waals surface area contributed by atoms with Gasteiger partial charge >= 0.3 is 0 Å². The van der Waals surface area contributed by atoms with Gasteiger partial charge in [-0.05, 0) is 201 Å². The molecular weight excluding hydrogens is 2190 g/mol. The molecule has 19 heteroatoms. The maximum Gasteiger partial charge on any atom is 0.197 e. The number of benzene rings is 9. The Labute approximate surface area is 840 Å². The van der Waals surface area contributed by atoms with Crippen molar-refractivity contribution in [1.82, 2.24) is 29.9 Å². The summed E-state index contributed by atoms with van der Waals surface area (Å²) in [6.45, 7) is 58.7. The summed E-state index contributed by atoms with van der Waals surface area (Å²) in [4.78, 5) is 33.6. The smallest absolute Gasteiger partial charge is 0.197 e. The largest absolute Gasteiger partial charge is 0.393 e. The molecule has 12 rings (SSSR count). The first-order valence-corrected chi connectivity index (χ1v) is 46.0. The van der Waals surface area contributed by atoms with Crippen molar-refractivity contribution in [2.75, 3.05) is 0 Å². The molecule has 0 fully saturated rings. The van der Waals surface area contributed by atoms with Gasteiger partial charge in [-0.25, -0.2) is 4.85 Å². The average molecular weight is 2330 g/mol. The van der Waals surface area contributed by atoms with Crippen molar-refractivity contribution in [3.63, 3.8) is 0 Å². The van der Waals surface area contributed by atoms with E-state index in [0.717, 1.165) is 185 Å². The van der Waals surface area contributed by atoms with Gasteiger partial charge in [-0.2, -0.15) is 15.8 Å². The Morgan fingerprint density at radius 3 is 1.01 bits per heavy atom. The number of rotatable bonds is 26. The van der Waals surface area contributed by atoms with Crippen molar-refractivity contribution in [1.29, 1.82) is 15.8 Å². The van der Waals surface area contributed by atoms with Gasteiger partial charge in [0, 0.05) is 118 Å². The van der Waals surface area contributed by atoms with Crippen molar-refractivity contribution in [3.05, 3.63) is 288 Å². The summed E-state index contributed by atoms with van der Waals surface area (Å²) in [7, 11) is 0. The Morgan fingerprint density at radius 2 is 0.687 bits per heavy atom. The fourth-order valence-electron chi connectivity index (χ4n) is 15.8. The van der Waals surface area contributed by atoms with Crippen LogP contribution in [-0.2, 0) is 66.7 Å². The van der Waals surface area contributed by atoms with E-state index in [-0.39, 0.29) is 109 Å². The maximum absolute atomic E-state index is 9.54. The third-order valence-corrected chi connectivity index (χ3v) is 22.6.